The molecule has 1 heterocycles. The number of aromatic nitrogens is 2. The first-order valence-electron chi connectivity index (χ1n) is 10.8. The number of benzene rings is 2. The van der Waals surface area contributed by atoms with Crippen LogP contribution in [-0.4, -0.2) is 22.5 Å². The molecule has 31 heavy (non-hydrogen) atoms. The van der Waals surface area contributed by atoms with Crippen LogP contribution in [0.3, 0.4) is 0 Å². The smallest absolute Gasteiger partial charge is 0.258 e. The lowest BCUT2D eigenvalue weighted by molar-refractivity contribution is -0.127. The lowest BCUT2D eigenvalue weighted by atomic mass is 9.92. The molecule has 0 aliphatic rings. The molecule has 0 aliphatic carbocycles. The number of ether oxygens (including phenoxy) is 1. The van der Waals surface area contributed by atoms with Gasteiger partial charge in [-0.2, -0.15) is 0 Å². The van der Waals surface area contributed by atoms with Crippen molar-refractivity contribution in [2.24, 2.45) is 5.92 Å². The van der Waals surface area contributed by atoms with Crippen LogP contribution >= 0.6 is 0 Å². The number of H-pyrrole nitrogens is 1. The Morgan fingerprint density at radius 2 is 1.74 bits per heavy atom. The number of amides is 1. The average molecular weight is 422 g/mol. The van der Waals surface area contributed by atoms with Crippen molar-refractivity contribution in [3.05, 3.63) is 75.8 Å². The monoisotopic (exact) mass is 421 g/mol. The fraction of sp³-hybridized carbons (Fsp3) is 0.400. The highest BCUT2D eigenvalue weighted by Crippen LogP contribution is 2.25. The molecule has 0 radical (unpaired) electrons. The van der Waals surface area contributed by atoms with Gasteiger partial charge in [-0.25, -0.2) is 4.98 Å². The van der Waals surface area contributed by atoms with Gasteiger partial charge in [0, 0.05) is 0 Å². The van der Waals surface area contributed by atoms with E-state index in [1.54, 1.807) is 18.2 Å². The maximum absolute atomic E-state index is 12.5. The molecule has 6 nitrogen and oxygen atoms in total. The van der Waals surface area contributed by atoms with Gasteiger partial charge in [0.25, 0.3) is 5.56 Å². The molecule has 1 aromatic heterocycles. The Hall–Kier alpha value is -2.99. The van der Waals surface area contributed by atoms with Gasteiger partial charge in [0.15, 0.2) is 0 Å². The fourth-order valence-electron chi connectivity index (χ4n) is 3.56. The van der Waals surface area contributed by atoms with E-state index in [9.17, 15) is 9.59 Å². The molecule has 0 spiro atoms. The molecule has 0 fully saturated rings. The van der Waals surface area contributed by atoms with Crippen molar-refractivity contribution < 1.29 is 9.53 Å². The summed E-state index contributed by atoms with van der Waals surface area (Å²) in [5, 5.41) is 3.60. The van der Waals surface area contributed by atoms with Crippen LogP contribution in [0.2, 0.25) is 0 Å². The first-order valence-corrected chi connectivity index (χ1v) is 10.8. The molecule has 0 saturated carbocycles. The van der Waals surface area contributed by atoms with Crippen molar-refractivity contribution in [1.82, 2.24) is 15.3 Å². The zero-order valence-electron chi connectivity index (χ0n) is 18.6. The van der Waals surface area contributed by atoms with Crippen LogP contribution in [0, 0.1) is 5.92 Å². The molecule has 2 aromatic carbocycles. The molecule has 3 rings (SSSR count). The van der Waals surface area contributed by atoms with Gasteiger partial charge in [-0.15, -0.1) is 0 Å². The van der Waals surface area contributed by atoms with Gasteiger partial charge in [-0.3, -0.25) is 9.59 Å². The molecule has 6 heteroatoms. The molecular weight excluding hydrogens is 390 g/mol. The highest BCUT2D eigenvalue weighted by molar-refractivity contribution is 5.78. The zero-order valence-corrected chi connectivity index (χ0v) is 18.6. The van der Waals surface area contributed by atoms with E-state index in [-0.39, 0.29) is 36.6 Å². The summed E-state index contributed by atoms with van der Waals surface area (Å²) in [6.07, 6.45) is 1.10. The highest BCUT2D eigenvalue weighted by Gasteiger charge is 2.19. The van der Waals surface area contributed by atoms with Crippen LogP contribution in [0.25, 0.3) is 10.9 Å². The number of para-hydroxylation sites is 1. The van der Waals surface area contributed by atoms with Crippen molar-refractivity contribution in [3.8, 4) is 0 Å². The number of carbonyl (C=O) groups excluding carboxylic acids is 1. The van der Waals surface area contributed by atoms with Crippen LogP contribution in [0.15, 0.2) is 53.3 Å². The van der Waals surface area contributed by atoms with E-state index in [2.05, 4.69) is 67.2 Å². The van der Waals surface area contributed by atoms with Crippen molar-refractivity contribution in [2.45, 2.75) is 52.7 Å². The summed E-state index contributed by atoms with van der Waals surface area (Å²) in [4.78, 5) is 31.7. The number of aromatic amines is 1. The van der Waals surface area contributed by atoms with E-state index in [4.69, 9.17) is 4.74 Å². The van der Waals surface area contributed by atoms with E-state index in [1.165, 1.54) is 5.56 Å². The van der Waals surface area contributed by atoms with E-state index in [1.807, 2.05) is 6.07 Å². The second kappa shape index (κ2) is 10.4. The van der Waals surface area contributed by atoms with Crippen molar-refractivity contribution in [1.29, 1.82) is 0 Å². The van der Waals surface area contributed by atoms with E-state index >= 15 is 0 Å². The zero-order chi connectivity index (χ0) is 22.4. The third-order valence-corrected chi connectivity index (χ3v) is 5.59. The summed E-state index contributed by atoms with van der Waals surface area (Å²) >= 11 is 0. The topological polar surface area (TPSA) is 84.1 Å². The summed E-state index contributed by atoms with van der Waals surface area (Å²) in [5.41, 5.74) is 2.78. The Morgan fingerprint density at radius 3 is 2.42 bits per heavy atom. The summed E-state index contributed by atoms with van der Waals surface area (Å²) in [7, 11) is 0. The molecule has 1 amide bonds. The van der Waals surface area contributed by atoms with Crippen LogP contribution in [0.4, 0.5) is 0 Å². The molecule has 0 bridgehead atoms. The third kappa shape index (κ3) is 5.79. The quantitative estimate of drug-likeness (QED) is 0.534. The van der Waals surface area contributed by atoms with Gasteiger partial charge in [0.1, 0.15) is 19.0 Å². The lowest BCUT2D eigenvalue weighted by Crippen LogP contribution is -2.34. The molecule has 2 N–H and O–H groups in total. The van der Waals surface area contributed by atoms with Gasteiger partial charge in [0.05, 0.1) is 16.9 Å². The van der Waals surface area contributed by atoms with Crippen molar-refractivity contribution in [2.75, 3.05) is 6.61 Å². The average Bonchev–Trinajstić information content (AvgIpc) is 2.77. The van der Waals surface area contributed by atoms with Crippen molar-refractivity contribution in [3.63, 3.8) is 0 Å². The minimum Gasteiger partial charge on any atom is -0.364 e. The molecular formula is C25H31N3O3. The summed E-state index contributed by atoms with van der Waals surface area (Å²) in [6.45, 7) is 8.51. The molecule has 0 aliphatic heterocycles. The summed E-state index contributed by atoms with van der Waals surface area (Å²) in [6, 6.07) is 15.5. The summed E-state index contributed by atoms with van der Waals surface area (Å²) < 4.78 is 5.52. The van der Waals surface area contributed by atoms with Gasteiger partial charge in [0.2, 0.25) is 5.91 Å². The van der Waals surface area contributed by atoms with E-state index < -0.39 is 0 Å². The first-order chi connectivity index (χ1) is 14.9. The molecule has 164 valence electrons. The molecule has 3 aromatic rings. The Balaban J connectivity index is 1.59. The standard InChI is InChI=1S/C25H31N3O3/c1-5-17(4)18-10-12-19(13-11-18)24(16(2)3)28-23(29)15-31-14-22-26-21-9-7-6-8-20(21)25(30)27-22/h6-13,16-17,24H,5,14-15H2,1-4H3,(H,28,29)(H,26,27,30)/t17-,24+/m0/s1. The lowest BCUT2D eigenvalue weighted by Gasteiger charge is -2.23. The molecule has 2 atom stereocenters. The third-order valence-electron chi connectivity index (χ3n) is 5.59. The second-order valence-corrected chi connectivity index (χ2v) is 8.29. The SMILES string of the molecule is CC[C@H](C)c1ccc([C@H](NC(=O)COCc2nc3ccccc3c(=O)[nH]2)C(C)C)cc1. The number of rotatable bonds is 9. The number of nitrogens with zero attached hydrogens (tertiary/aromatic N) is 1. The van der Waals surface area contributed by atoms with Gasteiger partial charge >= 0.3 is 0 Å². The van der Waals surface area contributed by atoms with Crippen LogP contribution in [0.5, 0.6) is 0 Å². The molecule has 0 unspecified atom stereocenters. The number of carbonyl (C=O) groups is 1. The van der Waals surface area contributed by atoms with E-state index in [0.29, 0.717) is 22.6 Å². The molecule has 0 saturated heterocycles. The maximum atomic E-state index is 12.5. The number of hydrogen-bond acceptors (Lipinski definition) is 4. The number of hydrogen-bond donors (Lipinski definition) is 2. The maximum Gasteiger partial charge on any atom is 0.258 e. The Labute approximate surface area is 183 Å². The van der Waals surface area contributed by atoms with Gasteiger partial charge < -0.3 is 15.0 Å². The van der Waals surface area contributed by atoms with Crippen LogP contribution < -0.4 is 10.9 Å². The number of fused-ring (bicyclic) bond motifs is 1. The fourth-order valence-corrected chi connectivity index (χ4v) is 3.56. The first kappa shape index (κ1) is 22.7. The van der Waals surface area contributed by atoms with Gasteiger partial charge in [-0.1, -0.05) is 64.1 Å². The van der Waals surface area contributed by atoms with Crippen LogP contribution in [-0.2, 0) is 16.1 Å². The second-order valence-electron chi connectivity index (χ2n) is 8.29. The Morgan fingerprint density at radius 1 is 1.06 bits per heavy atom. The van der Waals surface area contributed by atoms with E-state index in [0.717, 1.165) is 12.0 Å². The highest BCUT2D eigenvalue weighted by atomic mass is 16.5. The predicted molar refractivity (Wildman–Crippen MR) is 123 cm³/mol. The van der Waals surface area contributed by atoms with Crippen LogP contribution in [0.1, 0.15) is 63.0 Å². The predicted octanol–water partition coefficient (Wildman–Crippen LogP) is 4.47. The largest absolute Gasteiger partial charge is 0.364 e. The number of nitrogens with one attached hydrogen (secondary N) is 2. The Kier molecular flexibility index (Phi) is 7.58. The normalized spacial score (nSPS) is 13.3. The minimum absolute atomic E-state index is 0.0590. The minimum atomic E-state index is -0.214. The Bertz CT molecular complexity index is 1070. The van der Waals surface area contributed by atoms with Gasteiger partial charge in [-0.05, 0) is 41.5 Å². The van der Waals surface area contributed by atoms with Crippen molar-refractivity contribution >= 4 is 16.8 Å². The summed E-state index contributed by atoms with van der Waals surface area (Å²) in [5.74, 6) is 0.951.